The van der Waals surface area contributed by atoms with Gasteiger partial charge in [0.1, 0.15) is 0 Å². The first-order chi connectivity index (χ1) is 10.6. The Morgan fingerprint density at radius 2 is 1.50 bits per heavy atom. The van der Waals surface area contributed by atoms with Gasteiger partial charge in [0.15, 0.2) is 0 Å². The maximum absolute atomic E-state index is 5.91. The first kappa shape index (κ1) is 16.0. The predicted octanol–water partition coefficient (Wildman–Crippen LogP) is 4.11. The number of hydrogen-bond donors (Lipinski definition) is 2. The van der Waals surface area contributed by atoms with Crippen molar-refractivity contribution in [1.29, 1.82) is 0 Å². The van der Waals surface area contributed by atoms with Crippen LogP contribution in [0.3, 0.4) is 0 Å². The molecule has 0 saturated heterocycles. The van der Waals surface area contributed by atoms with Crippen LogP contribution in [0.2, 0.25) is 0 Å². The van der Waals surface area contributed by atoms with Crippen molar-refractivity contribution in [3.8, 4) is 0 Å². The summed E-state index contributed by atoms with van der Waals surface area (Å²) < 4.78 is 0. The lowest BCUT2D eigenvalue weighted by Crippen LogP contribution is -2.22. The average Bonchev–Trinajstić information content (AvgIpc) is 2.53. The van der Waals surface area contributed by atoms with Crippen LogP contribution in [0.25, 0.3) is 0 Å². The molecule has 22 heavy (non-hydrogen) atoms. The average molecular weight is 297 g/mol. The van der Waals surface area contributed by atoms with Gasteiger partial charge in [0.25, 0.3) is 0 Å². The second kappa shape index (κ2) is 7.56. The first-order valence-corrected chi connectivity index (χ1v) is 7.50. The van der Waals surface area contributed by atoms with Crippen LogP contribution >= 0.6 is 0 Å². The first-order valence-electron chi connectivity index (χ1n) is 7.50. The van der Waals surface area contributed by atoms with Crippen molar-refractivity contribution in [2.45, 2.75) is 20.4 Å². The maximum atomic E-state index is 5.91. The molecule has 116 valence electrons. The van der Waals surface area contributed by atoms with Gasteiger partial charge in [-0.25, -0.2) is 0 Å². The van der Waals surface area contributed by atoms with Gasteiger partial charge in [-0.3, -0.25) is 4.90 Å². The van der Waals surface area contributed by atoms with Crippen molar-refractivity contribution in [3.05, 3.63) is 48.0 Å². The van der Waals surface area contributed by atoms with E-state index in [9.17, 15) is 0 Å². The highest BCUT2D eigenvalue weighted by Gasteiger charge is 2.07. The number of nitrogens with two attached hydrogens (primary N) is 2. The number of benzene rings is 2. The fourth-order valence-electron chi connectivity index (χ4n) is 2.17. The number of rotatable bonds is 6. The van der Waals surface area contributed by atoms with Crippen LogP contribution in [0.1, 0.15) is 19.4 Å². The molecule has 2 aromatic rings. The highest BCUT2D eigenvalue weighted by Crippen LogP contribution is 2.26. The standard InChI is InChI=1S/C17H23N5/c1-3-22(4-2)12-13-11-15(19)7-10-17(13)21-20-16-8-5-14(18)6-9-16/h5-11H,3-4,12,18-19H2,1-2H3/b21-20+. The zero-order valence-electron chi connectivity index (χ0n) is 13.2. The lowest BCUT2D eigenvalue weighted by atomic mass is 10.1. The van der Waals surface area contributed by atoms with Gasteiger partial charge in [-0.05, 0) is 61.1 Å². The molecule has 0 aliphatic carbocycles. The highest BCUT2D eigenvalue weighted by molar-refractivity contribution is 5.55. The molecule has 0 saturated carbocycles. The molecule has 0 aliphatic rings. The second-order valence-electron chi connectivity index (χ2n) is 5.14. The van der Waals surface area contributed by atoms with E-state index >= 15 is 0 Å². The lowest BCUT2D eigenvalue weighted by molar-refractivity contribution is 0.296. The van der Waals surface area contributed by atoms with Crippen LogP contribution in [-0.2, 0) is 6.54 Å². The van der Waals surface area contributed by atoms with Crippen LogP contribution in [0, 0.1) is 0 Å². The molecular weight excluding hydrogens is 274 g/mol. The molecule has 0 aliphatic heterocycles. The summed E-state index contributed by atoms with van der Waals surface area (Å²) in [6.07, 6.45) is 0. The van der Waals surface area contributed by atoms with Crippen LogP contribution in [-0.4, -0.2) is 18.0 Å². The van der Waals surface area contributed by atoms with E-state index in [-0.39, 0.29) is 0 Å². The predicted molar refractivity (Wildman–Crippen MR) is 92.5 cm³/mol. The monoisotopic (exact) mass is 297 g/mol. The van der Waals surface area contributed by atoms with E-state index in [1.54, 1.807) is 0 Å². The van der Waals surface area contributed by atoms with Crippen molar-refractivity contribution in [2.75, 3.05) is 24.6 Å². The van der Waals surface area contributed by atoms with E-state index in [1.807, 2.05) is 42.5 Å². The molecule has 0 radical (unpaired) electrons. The molecule has 4 N–H and O–H groups in total. The van der Waals surface area contributed by atoms with E-state index < -0.39 is 0 Å². The third-order valence-corrected chi connectivity index (χ3v) is 3.56. The number of nitrogen functional groups attached to an aromatic ring is 2. The Labute approximate surface area is 131 Å². The largest absolute Gasteiger partial charge is 0.399 e. The van der Waals surface area contributed by atoms with Crippen molar-refractivity contribution in [1.82, 2.24) is 4.90 Å². The summed E-state index contributed by atoms with van der Waals surface area (Å²) in [7, 11) is 0. The van der Waals surface area contributed by atoms with E-state index in [0.717, 1.165) is 42.3 Å². The molecule has 5 nitrogen and oxygen atoms in total. The molecule has 0 spiro atoms. The van der Waals surface area contributed by atoms with Gasteiger partial charge in [-0.1, -0.05) is 13.8 Å². The van der Waals surface area contributed by atoms with Crippen LogP contribution in [0.15, 0.2) is 52.7 Å². The molecule has 0 amide bonds. The Morgan fingerprint density at radius 3 is 2.14 bits per heavy atom. The summed E-state index contributed by atoms with van der Waals surface area (Å²) in [6, 6.07) is 13.1. The van der Waals surface area contributed by atoms with E-state index in [4.69, 9.17) is 11.5 Å². The van der Waals surface area contributed by atoms with E-state index in [2.05, 4.69) is 29.0 Å². The van der Waals surface area contributed by atoms with Crippen molar-refractivity contribution in [3.63, 3.8) is 0 Å². The molecule has 2 aromatic carbocycles. The molecule has 0 unspecified atom stereocenters. The minimum atomic E-state index is 0.716. The van der Waals surface area contributed by atoms with Crippen LogP contribution in [0.4, 0.5) is 22.7 Å². The molecule has 0 atom stereocenters. The fraction of sp³-hybridized carbons (Fsp3) is 0.294. The third-order valence-electron chi connectivity index (χ3n) is 3.56. The lowest BCUT2D eigenvalue weighted by Gasteiger charge is -2.19. The van der Waals surface area contributed by atoms with Gasteiger partial charge in [0.05, 0.1) is 11.4 Å². The topological polar surface area (TPSA) is 80.0 Å². The minimum absolute atomic E-state index is 0.716. The van der Waals surface area contributed by atoms with E-state index in [1.165, 1.54) is 0 Å². The Hall–Kier alpha value is -2.40. The summed E-state index contributed by atoms with van der Waals surface area (Å²) in [4.78, 5) is 2.32. The molecule has 0 heterocycles. The second-order valence-corrected chi connectivity index (χ2v) is 5.14. The summed E-state index contributed by atoms with van der Waals surface area (Å²) in [5, 5.41) is 8.65. The van der Waals surface area contributed by atoms with Gasteiger partial charge in [-0.2, -0.15) is 10.2 Å². The summed E-state index contributed by atoms with van der Waals surface area (Å²) in [6.45, 7) is 7.07. The van der Waals surface area contributed by atoms with Gasteiger partial charge in [-0.15, -0.1) is 0 Å². The minimum Gasteiger partial charge on any atom is -0.399 e. The van der Waals surface area contributed by atoms with Crippen LogP contribution in [0.5, 0.6) is 0 Å². The number of azo groups is 1. The summed E-state index contributed by atoms with van der Waals surface area (Å²) in [5.74, 6) is 0. The number of hydrogen-bond acceptors (Lipinski definition) is 5. The molecule has 5 heteroatoms. The molecule has 0 bridgehead atoms. The molecular formula is C17H23N5. The van der Waals surface area contributed by atoms with E-state index in [0.29, 0.717) is 5.69 Å². The number of nitrogens with zero attached hydrogens (tertiary/aromatic N) is 3. The van der Waals surface area contributed by atoms with Crippen LogP contribution < -0.4 is 11.5 Å². The maximum Gasteiger partial charge on any atom is 0.0903 e. The normalized spacial score (nSPS) is 11.4. The van der Waals surface area contributed by atoms with Crippen molar-refractivity contribution in [2.24, 2.45) is 10.2 Å². The summed E-state index contributed by atoms with van der Waals surface area (Å²) >= 11 is 0. The zero-order chi connectivity index (χ0) is 15.9. The Morgan fingerprint density at radius 1 is 0.864 bits per heavy atom. The number of anilines is 2. The summed E-state index contributed by atoms with van der Waals surface area (Å²) in [5.41, 5.74) is 15.7. The van der Waals surface area contributed by atoms with Gasteiger partial charge in [0, 0.05) is 17.9 Å². The molecule has 0 aromatic heterocycles. The van der Waals surface area contributed by atoms with Gasteiger partial charge >= 0.3 is 0 Å². The molecule has 0 fully saturated rings. The third kappa shape index (κ3) is 4.30. The Balaban J connectivity index is 2.24. The Kier molecular flexibility index (Phi) is 5.49. The smallest absolute Gasteiger partial charge is 0.0903 e. The highest BCUT2D eigenvalue weighted by atomic mass is 15.1. The van der Waals surface area contributed by atoms with Crippen molar-refractivity contribution >= 4 is 22.7 Å². The van der Waals surface area contributed by atoms with Crippen molar-refractivity contribution < 1.29 is 0 Å². The SMILES string of the molecule is CCN(CC)Cc1cc(N)ccc1/N=N/c1ccc(N)cc1. The fourth-order valence-corrected chi connectivity index (χ4v) is 2.17. The Bertz CT molecular complexity index is 630. The van der Waals surface area contributed by atoms with Gasteiger partial charge in [0.2, 0.25) is 0 Å². The zero-order valence-corrected chi connectivity index (χ0v) is 13.2. The van der Waals surface area contributed by atoms with Gasteiger partial charge < -0.3 is 11.5 Å². The quantitative estimate of drug-likeness (QED) is 0.622. The molecule has 2 rings (SSSR count).